The molecule has 1 amide bonds. The molecule has 0 aliphatic carbocycles. The molecule has 5 nitrogen and oxygen atoms in total. The molecule has 23 heavy (non-hydrogen) atoms. The van der Waals surface area contributed by atoms with Crippen LogP contribution in [0.15, 0.2) is 24.3 Å². The summed E-state index contributed by atoms with van der Waals surface area (Å²) in [6.07, 6.45) is 0. The molecule has 126 valence electrons. The highest BCUT2D eigenvalue weighted by molar-refractivity contribution is 7.54. The van der Waals surface area contributed by atoms with Crippen molar-refractivity contribution < 1.29 is 27.2 Å². The van der Waals surface area contributed by atoms with Crippen molar-refractivity contribution in [3.8, 4) is 0 Å². The zero-order valence-corrected chi connectivity index (χ0v) is 14.3. The van der Waals surface area contributed by atoms with Gasteiger partial charge in [0.15, 0.2) is 0 Å². The summed E-state index contributed by atoms with van der Waals surface area (Å²) in [5, 5.41) is 0.417. The van der Waals surface area contributed by atoms with Crippen LogP contribution in [-0.2, 0) is 19.3 Å². The third-order valence-electron chi connectivity index (χ3n) is 3.05. The van der Waals surface area contributed by atoms with E-state index in [0.717, 1.165) is 17.4 Å². The van der Waals surface area contributed by atoms with E-state index < -0.39 is 24.7 Å². The van der Waals surface area contributed by atoms with E-state index >= 15 is 0 Å². The Bertz CT molecular complexity index is 767. The molecule has 2 aromatic rings. The Balaban J connectivity index is 2.51. The highest BCUT2D eigenvalue weighted by Crippen LogP contribution is 2.66. The predicted molar refractivity (Wildman–Crippen MR) is 85.1 cm³/mol. The second-order valence-corrected chi connectivity index (χ2v) is 7.76. The number of nitrogens with two attached hydrogens (primary N) is 1. The van der Waals surface area contributed by atoms with E-state index in [1.165, 1.54) is 32.0 Å². The van der Waals surface area contributed by atoms with Gasteiger partial charge in [-0.05, 0) is 37.4 Å². The summed E-state index contributed by atoms with van der Waals surface area (Å²) < 4.78 is 51.9. The number of benzene rings is 1. The van der Waals surface area contributed by atoms with Crippen molar-refractivity contribution in [3.05, 3.63) is 34.7 Å². The SMILES string of the molecule is CCOP(=O)(OCC)C(F)(F)c1ccc2sc(C(N)=O)cc2c1. The van der Waals surface area contributed by atoms with E-state index in [1.54, 1.807) is 0 Å². The first-order chi connectivity index (χ1) is 10.7. The summed E-state index contributed by atoms with van der Waals surface area (Å²) >= 11 is 1.10. The second-order valence-electron chi connectivity index (χ2n) is 4.60. The normalized spacial score (nSPS) is 12.7. The van der Waals surface area contributed by atoms with Crippen LogP contribution in [-0.4, -0.2) is 19.1 Å². The van der Waals surface area contributed by atoms with Crippen LogP contribution >= 0.6 is 18.9 Å². The Morgan fingerprint density at radius 1 is 1.26 bits per heavy atom. The van der Waals surface area contributed by atoms with Gasteiger partial charge in [-0.1, -0.05) is 6.07 Å². The van der Waals surface area contributed by atoms with Crippen LogP contribution in [0.4, 0.5) is 8.78 Å². The number of amides is 1. The van der Waals surface area contributed by atoms with Gasteiger partial charge in [-0.15, -0.1) is 11.3 Å². The summed E-state index contributed by atoms with van der Waals surface area (Å²) in [5.74, 6) is -0.631. The van der Waals surface area contributed by atoms with Crippen LogP contribution in [0.5, 0.6) is 0 Å². The number of fused-ring (bicyclic) bond motifs is 1. The average Bonchev–Trinajstić information content (AvgIpc) is 2.90. The predicted octanol–water partition coefficient (Wildman–Crippen LogP) is 4.32. The number of hydrogen-bond acceptors (Lipinski definition) is 5. The number of rotatable bonds is 7. The molecule has 0 bridgehead atoms. The zero-order valence-electron chi connectivity index (χ0n) is 12.5. The first-order valence-electron chi connectivity index (χ1n) is 6.86. The highest BCUT2D eigenvalue weighted by atomic mass is 32.1. The Labute approximate surface area is 135 Å². The summed E-state index contributed by atoms with van der Waals surface area (Å²) in [7, 11) is -4.66. The lowest BCUT2D eigenvalue weighted by Gasteiger charge is -2.26. The van der Waals surface area contributed by atoms with Crippen molar-refractivity contribution in [2.24, 2.45) is 5.73 Å². The van der Waals surface area contributed by atoms with Crippen LogP contribution in [0.25, 0.3) is 10.1 Å². The molecule has 0 spiro atoms. The van der Waals surface area contributed by atoms with E-state index in [1.807, 2.05) is 0 Å². The highest BCUT2D eigenvalue weighted by Gasteiger charge is 2.54. The topological polar surface area (TPSA) is 78.6 Å². The van der Waals surface area contributed by atoms with Crippen molar-refractivity contribution in [1.82, 2.24) is 0 Å². The van der Waals surface area contributed by atoms with Gasteiger partial charge in [0.2, 0.25) is 0 Å². The van der Waals surface area contributed by atoms with Crippen LogP contribution in [0.2, 0.25) is 0 Å². The standard InChI is InChI=1S/C14H16F2NO4PS/c1-3-20-22(19,21-4-2)14(15,16)10-5-6-11-9(7-10)8-12(23-11)13(17)18/h5-8H,3-4H2,1-2H3,(H2,17,18). The van der Waals surface area contributed by atoms with Gasteiger partial charge in [-0.3, -0.25) is 9.36 Å². The van der Waals surface area contributed by atoms with E-state index in [2.05, 4.69) is 0 Å². The fourth-order valence-electron chi connectivity index (χ4n) is 2.05. The van der Waals surface area contributed by atoms with Gasteiger partial charge >= 0.3 is 13.3 Å². The monoisotopic (exact) mass is 363 g/mol. The molecular weight excluding hydrogens is 347 g/mol. The molecular formula is C14H16F2NO4PS. The molecule has 0 aliphatic heterocycles. The van der Waals surface area contributed by atoms with E-state index in [9.17, 15) is 18.1 Å². The molecule has 0 unspecified atom stereocenters. The fourth-order valence-corrected chi connectivity index (χ4v) is 4.48. The number of thiophene rings is 1. The molecule has 0 radical (unpaired) electrons. The van der Waals surface area contributed by atoms with Gasteiger partial charge in [0, 0.05) is 10.3 Å². The fraction of sp³-hybridized carbons (Fsp3) is 0.357. The van der Waals surface area contributed by atoms with Gasteiger partial charge in [-0.2, -0.15) is 8.78 Å². The molecule has 1 heterocycles. The number of carbonyl (C=O) groups is 1. The quantitative estimate of drug-likeness (QED) is 0.743. The minimum Gasteiger partial charge on any atom is -0.365 e. The maximum absolute atomic E-state index is 14.7. The van der Waals surface area contributed by atoms with Crippen LogP contribution in [0, 0.1) is 0 Å². The summed E-state index contributed by atoms with van der Waals surface area (Å²) in [4.78, 5) is 11.4. The Morgan fingerprint density at radius 2 is 1.87 bits per heavy atom. The average molecular weight is 363 g/mol. The molecule has 2 N–H and O–H groups in total. The smallest absolute Gasteiger partial charge is 0.365 e. The van der Waals surface area contributed by atoms with Gasteiger partial charge in [-0.25, -0.2) is 0 Å². The van der Waals surface area contributed by atoms with Crippen molar-refractivity contribution >= 4 is 34.9 Å². The maximum atomic E-state index is 14.7. The molecule has 0 saturated carbocycles. The summed E-state index contributed by atoms with van der Waals surface area (Å²) in [5.41, 5.74) is 0.889. The molecule has 2 rings (SSSR count). The molecule has 9 heteroatoms. The first-order valence-corrected chi connectivity index (χ1v) is 9.22. The molecule has 0 atom stereocenters. The summed E-state index contributed by atoms with van der Waals surface area (Å²) in [6.45, 7) is 2.59. The van der Waals surface area contributed by atoms with Crippen molar-refractivity contribution in [3.63, 3.8) is 0 Å². The Kier molecular flexibility index (Phi) is 5.20. The molecule has 0 fully saturated rings. The lowest BCUT2D eigenvalue weighted by Crippen LogP contribution is -2.18. The first kappa shape index (κ1) is 18.0. The van der Waals surface area contributed by atoms with Gasteiger partial charge in [0.1, 0.15) is 0 Å². The summed E-state index contributed by atoms with van der Waals surface area (Å²) in [6, 6.07) is 5.17. The number of carbonyl (C=O) groups excluding carboxylic acids is 1. The number of primary amides is 1. The van der Waals surface area contributed by atoms with E-state index in [4.69, 9.17) is 14.8 Å². The van der Waals surface area contributed by atoms with E-state index in [-0.39, 0.29) is 18.1 Å². The number of alkyl halides is 2. The van der Waals surface area contributed by atoms with Crippen molar-refractivity contribution in [1.29, 1.82) is 0 Å². The molecule has 1 aromatic carbocycles. The van der Waals surface area contributed by atoms with E-state index in [0.29, 0.717) is 10.1 Å². The lowest BCUT2D eigenvalue weighted by molar-refractivity contribution is 0.0362. The van der Waals surface area contributed by atoms with Crippen LogP contribution < -0.4 is 5.73 Å². The minimum absolute atomic E-state index is 0.167. The van der Waals surface area contributed by atoms with Crippen molar-refractivity contribution in [2.75, 3.05) is 13.2 Å². The van der Waals surface area contributed by atoms with Gasteiger partial charge in [0.05, 0.1) is 18.1 Å². The number of hydrogen-bond donors (Lipinski definition) is 1. The van der Waals surface area contributed by atoms with Crippen LogP contribution in [0.3, 0.4) is 0 Å². The van der Waals surface area contributed by atoms with Gasteiger partial charge < -0.3 is 14.8 Å². The number of halogens is 2. The third kappa shape index (κ3) is 3.30. The lowest BCUT2D eigenvalue weighted by atomic mass is 10.1. The molecule has 0 aliphatic rings. The third-order valence-corrected chi connectivity index (χ3v) is 6.32. The van der Waals surface area contributed by atoms with Crippen molar-refractivity contribution in [2.45, 2.75) is 19.5 Å². The molecule has 0 saturated heterocycles. The maximum Gasteiger partial charge on any atom is 0.404 e. The Hall–Kier alpha value is -1.34. The van der Waals surface area contributed by atoms with Crippen LogP contribution in [0.1, 0.15) is 29.1 Å². The molecule has 1 aromatic heterocycles. The Morgan fingerprint density at radius 3 is 2.39 bits per heavy atom. The van der Waals surface area contributed by atoms with Gasteiger partial charge in [0.25, 0.3) is 5.91 Å². The minimum atomic E-state index is -4.66. The zero-order chi connectivity index (χ0) is 17.3. The second kappa shape index (κ2) is 6.65. The largest absolute Gasteiger partial charge is 0.404 e.